The summed E-state index contributed by atoms with van der Waals surface area (Å²) in [5.74, 6) is -0.669. The molecule has 0 aromatic heterocycles. The predicted octanol–water partition coefficient (Wildman–Crippen LogP) is 2.06. The van der Waals surface area contributed by atoms with Crippen molar-refractivity contribution in [2.45, 2.75) is 0 Å². The van der Waals surface area contributed by atoms with Crippen LogP contribution in [0.4, 0.5) is 0 Å². The lowest BCUT2D eigenvalue weighted by Gasteiger charge is -2.14. The minimum atomic E-state index is -1.21. The molecule has 0 radical (unpaired) electrons. The topological polar surface area (TPSA) is 65.0 Å². The van der Waals surface area contributed by atoms with Crippen molar-refractivity contribution in [1.29, 1.82) is 0 Å². The Morgan fingerprint density at radius 2 is 1.75 bits per heavy atom. The Hall–Kier alpha value is -1.62. The highest BCUT2D eigenvalue weighted by Gasteiger charge is 2.24. The normalized spacial score (nSPS) is 9.75. The highest BCUT2D eigenvalue weighted by molar-refractivity contribution is 6.35. The average molecular weight is 247 g/mol. The number of ether oxygens (including phenoxy) is 3. The summed E-state index contributed by atoms with van der Waals surface area (Å²) in [6.07, 6.45) is 0. The van der Waals surface area contributed by atoms with E-state index in [0.717, 1.165) is 0 Å². The zero-order chi connectivity index (χ0) is 12.3. The van der Waals surface area contributed by atoms with Crippen molar-refractivity contribution in [2.24, 2.45) is 0 Å². The van der Waals surface area contributed by atoms with E-state index in [2.05, 4.69) is 0 Å². The van der Waals surface area contributed by atoms with E-state index >= 15 is 0 Å². The Balaban J connectivity index is 3.57. The maximum atomic E-state index is 11.1. The Morgan fingerprint density at radius 3 is 2.12 bits per heavy atom. The molecule has 16 heavy (non-hydrogen) atoms. The van der Waals surface area contributed by atoms with E-state index in [1.807, 2.05) is 0 Å². The minimum Gasteiger partial charge on any atom is -0.495 e. The van der Waals surface area contributed by atoms with Gasteiger partial charge in [0.05, 0.1) is 21.3 Å². The molecule has 0 bridgehead atoms. The van der Waals surface area contributed by atoms with Crippen LogP contribution in [-0.4, -0.2) is 32.4 Å². The SMILES string of the molecule is COc1cc(OC)c(OC)c(C(=O)O)c1Cl. The third-order valence-electron chi connectivity index (χ3n) is 2.01. The summed E-state index contributed by atoms with van der Waals surface area (Å²) in [5.41, 5.74) is -0.180. The standard InChI is InChI=1S/C10H11ClO5/c1-14-5-4-6(15-2)9(16-3)7(8(5)11)10(12)13/h4H,1-3H3,(H,12,13). The van der Waals surface area contributed by atoms with Crippen LogP contribution < -0.4 is 14.2 Å². The van der Waals surface area contributed by atoms with Crippen LogP contribution in [0.25, 0.3) is 0 Å². The van der Waals surface area contributed by atoms with Gasteiger partial charge in [-0.2, -0.15) is 0 Å². The molecular formula is C10H11ClO5. The van der Waals surface area contributed by atoms with Crippen LogP contribution >= 0.6 is 11.6 Å². The molecule has 0 atom stereocenters. The van der Waals surface area contributed by atoms with Gasteiger partial charge in [-0.15, -0.1) is 0 Å². The van der Waals surface area contributed by atoms with Crippen molar-refractivity contribution >= 4 is 17.6 Å². The van der Waals surface area contributed by atoms with Crippen molar-refractivity contribution < 1.29 is 24.1 Å². The van der Waals surface area contributed by atoms with Gasteiger partial charge in [-0.05, 0) is 0 Å². The van der Waals surface area contributed by atoms with E-state index in [-0.39, 0.29) is 27.8 Å². The van der Waals surface area contributed by atoms with Crippen molar-refractivity contribution in [3.8, 4) is 17.2 Å². The lowest BCUT2D eigenvalue weighted by atomic mass is 10.1. The number of carboxylic acid groups (broad SMARTS) is 1. The van der Waals surface area contributed by atoms with E-state index in [1.54, 1.807) is 0 Å². The summed E-state index contributed by atoms with van der Waals surface area (Å²) in [6.45, 7) is 0. The quantitative estimate of drug-likeness (QED) is 0.881. The zero-order valence-electron chi connectivity index (χ0n) is 9.04. The molecule has 5 nitrogen and oxygen atoms in total. The summed E-state index contributed by atoms with van der Waals surface area (Å²) in [6, 6.07) is 1.47. The number of rotatable bonds is 4. The number of halogens is 1. The minimum absolute atomic E-state index is 0.0207. The van der Waals surface area contributed by atoms with Crippen molar-refractivity contribution in [3.63, 3.8) is 0 Å². The molecule has 0 amide bonds. The van der Waals surface area contributed by atoms with Gasteiger partial charge in [-0.25, -0.2) is 4.79 Å². The molecule has 0 aliphatic rings. The van der Waals surface area contributed by atoms with Crippen LogP contribution in [0.1, 0.15) is 10.4 Å². The fraction of sp³-hybridized carbons (Fsp3) is 0.300. The molecule has 0 aliphatic carbocycles. The van der Waals surface area contributed by atoms with Gasteiger partial charge in [-0.1, -0.05) is 11.6 Å². The molecule has 1 N–H and O–H groups in total. The van der Waals surface area contributed by atoms with Gasteiger partial charge in [0.2, 0.25) is 0 Å². The average Bonchev–Trinajstić information content (AvgIpc) is 2.27. The molecule has 1 aromatic carbocycles. The smallest absolute Gasteiger partial charge is 0.341 e. The monoisotopic (exact) mass is 246 g/mol. The molecular weight excluding hydrogens is 236 g/mol. The molecule has 1 aromatic rings. The van der Waals surface area contributed by atoms with Gasteiger partial charge in [0, 0.05) is 6.07 Å². The second-order valence-corrected chi connectivity index (χ2v) is 3.19. The maximum absolute atomic E-state index is 11.1. The number of methoxy groups -OCH3 is 3. The summed E-state index contributed by atoms with van der Waals surface area (Å²) >= 11 is 5.88. The Kier molecular flexibility index (Phi) is 3.84. The van der Waals surface area contributed by atoms with Gasteiger partial charge < -0.3 is 19.3 Å². The Labute approximate surface area is 97.5 Å². The molecule has 0 saturated carbocycles. The van der Waals surface area contributed by atoms with Crippen LogP contribution in [0.15, 0.2) is 6.07 Å². The largest absolute Gasteiger partial charge is 0.495 e. The number of hydrogen-bond donors (Lipinski definition) is 1. The Bertz CT molecular complexity index is 416. The van der Waals surface area contributed by atoms with E-state index in [9.17, 15) is 4.79 Å². The van der Waals surface area contributed by atoms with Gasteiger partial charge >= 0.3 is 5.97 Å². The van der Waals surface area contributed by atoms with Gasteiger partial charge in [0.15, 0.2) is 11.5 Å². The molecule has 0 spiro atoms. The number of benzene rings is 1. The second kappa shape index (κ2) is 4.94. The van der Waals surface area contributed by atoms with Crippen molar-refractivity contribution in [1.82, 2.24) is 0 Å². The lowest BCUT2D eigenvalue weighted by Crippen LogP contribution is -2.05. The van der Waals surface area contributed by atoms with Crippen molar-refractivity contribution in [3.05, 3.63) is 16.7 Å². The van der Waals surface area contributed by atoms with Crippen LogP contribution in [0, 0.1) is 0 Å². The fourth-order valence-electron chi connectivity index (χ4n) is 1.29. The first-order valence-corrected chi connectivity index (χ1v) is 4.66. The Morgan fingerprint density at radius 1 is 1.19 bits per heavy atom. The van der Waals surface area contributed by atoms with Crippen LogP contribution in [0.2, 0.25) is 5.02 Å². The number of carbonyl (C=O) groups is 1. The lowest BCUT2D eigenvalue weighted by molar-refractivity contribution is 0.0692. The molecule has 0 saturated heterocycles. The molecule has 0 heterocycles. The molecule has 6 heteroatoms. The van der Waals surface area contributed by atoms with Crippen LogP contribution in [-0.2, 0) is 0 Å². The highest BCUT2D eigenvalue weighted by Crippen LogP contribution is 2.42. The molecule has 0 aliphatic heterocycles. The third-order valence-corrected chi connectivity index (χ3v) is 2.38. The number of hydrogen-bond acceptors (Lipinski definition) is 4. The van der Waals surface area contributed by atoms with Gasteiger partial charge in [0.25, 0.3) is 0 Å². The van der Waals surface area contributed by atoms with E-state index < -0.39 is 5.97 Å². The maximum Gasteiger partial charge on any atom is 0.341 e. The molecule has 0 unspecified atom stereocenters. The summed E-state index contributed by atoms with van der Waals surface area (Å²) < 4.78 is 14.9. The third kappa shape index (κ3) is 1.99. The molecule has 0 fully saturated rings. The van der Waals surface area contributed by atoms with Crippen LogP contribution in [0.3, 0.4) is 0 Å². The molecule has 1 rings (SSSR count). The highest BCUT2D eigenvalue weighted by atomic mass is 35.5. The van der Waals surface area contributed by atoms with Crippen molar-refractivity contribution in [2.75, 3.05) is 21.3 Å². The first-order chi connectivity index (χ1) is 7.56. The van der Waals surface area contributed by atoms with E-state index in [4.69, 9.17) is 30.9 Å². The van der Waals surface area contributed by atoms with E-state index in [0.29, 0.717) is 0 Å². The van der Waals surface area contributed by atoms with Gasteiger partial charge in [0.1, 0.15) is 16.3 Å². The number of carboxylic acids is 1. The zero-order valence-corrected chi connectivity index (χ0v) is 9.79. The van der Waals surface area contributed by atoms with E-state index in [1.165, 1.54) is 27.4 Å². The fourth-order valence-corrected chi connectivity index (χ4v) is 1.59. The summed E-state index contributed by atoms with van der Waals surface area (Å²) in [4.78, 5) is 11.1. The first kappa shape index (κ1) is 12.4. The van der Waals surface area contributed by atoms with Gasteiger partial charge in [-0.3, -0.25) is 0 Å². The second-order valence-electron chi connectivity index (χ2n) is 2.81. The summed E-state index contributed by atoms with van der Waals surface area (Å²) in [5, 5.41) is 9.02. The van der Waals surface area contributed by atoms with Crippen LogP contribution in [0.5, 0.6) is 17.2 Å². The number of aromatic carboxylic acids is 1. The predicted molar refractivity (Wildman–Crippen MR) is 58.1 cm³/mol. The summed E-state index contributed by atoms with van der Waals surface area (Å²) in [7, 11) is 4.13. The first-order valence-electron chi connectivity index (χ1n) is 4.28. The molecule has 88 valence electrons.